The van der Waals surface area contributed by atoms with Crippen LogP contribution in [0.1, 0.15) is 23.3 Å². The van der Waals surface area contributed by atoms with Gasteiger partial charge in [0.1, 0.15) is 83.3 Å². The van der Waals surface area contributed by atoms with Crippen LogP contribution >= 0.6 is 0 Å². The fourth-order valence-electron chi connectivity index (χ4n) is 5.11. The smallest absolute Gasteiger partial charge is 0.197 e. The van der Waals surface area contributed by atoms with Gasteiger partial charge >= 0.3 is 0 Å². The summed E-state index contributed by atoms with van der Waals surface area (Å²) in [7, 11) is 0. The number of aliphatic hydroxyl groups is 7. The Balaban J connectivity index is 1.80. The number of aliphatic hydroxyl groups excluding tert-OH is 7. The van der Waals surface area contributed by atoms with E-state index < -0.39 is 107 Å². The van der Waals surface area contributed by atoms with Gasteiger partial charge in [-0.2, -0.15) is 0 Å². The summed E-state index contributed by atoms with van der Waals surface area (Å²) in [5.74, 6) is -2.01. The molecular formula is C26H28O14. The molecule has 0 amide bonds. The first-order valence-electron chi connectivity index (χ1n) is 12.3. The Kier molecular flexibility index (Phi) is 7.47. The highest BCUT2D eigenvalue weighted by molar-refractivity contribution is 5.92. The van der Waals surface area contributed by atoms with E-state index in [0.717, 1.165) is 6.07 Å². The first kappa shape index (κ1) is 28.2. The minimum absolute atomic E-state index is 0.0710. The number of hydrogen-bond donors (Lipinski definition) is 10. The monoisotopic (exact) mass is 564 g/mol. The fourth-order valence-corrected chi connectivity index (χ4v) is 5.11. The highest BCUT2D eigenvalue weighted by Gasteiger charge is 2.48. The predicted molar refractivity (Wildman–Crippen MR) is 132 cm³/mol. The molecule has 14 heteroatoms. The normalized spacial score (nSPS) is 32.8. The van der Waals surface area contributed by atoms with Gasteiger partial charge in [-0.3, -0.25) is 4.79 Å². The quantitative estimate of drug-likeness (QED) is 0.169. The lowest BCUT2D eigenvalue weighted by molar-refractivity contribution is -0.232. The molecule has 0 unspecified atom stereocenters. The Morgan fingerprint density at radius 1 is 0.775 bits per heavy atom. The first-order chi connectivity index (χ1) is 19.0. The molecule has 0 bridgehead atoms. The summed E-state index contributed by atoms with van der Waals surface area (Å²) in [6, 6.07) is 6.50. The van der Waals surface area contributed by atoms with Crippen LogP contribution in [0.25, 0.3) is 22.3 Å². The van der Waals surface area contributed by atoms with E-state index >= 15 is 0 Å². The maximum Gasteiger partial charge on any atom is 0.197 e. The second-order valence-corrected chi connectivity index (χ2v) is 9.80. The average molecular weight is 564 g/mol. The van der Waals surface area contributed by atoms with Crippen molar-refractivity contribution in [2.24, 2.45) is 0 Å². The summed E-state index contributed by atoms with van der Waals surface area (Å²) < 4.78 is 16.9. The maximum atomic E-state index is 13.4. The number of benzene rings is 2. The molecule has 14 nitrogen and oxygen atoms in total. The standard InChI is InChI=1S/C26H28O14/c27-6-13-18(32)21(35)23(37)26(40-13)15-19(33)14-10(29)5-12(8-1-3-9(28)4-2-8)39-24(14)16(20(15)34)25-22(36)17(31)11(30)7-38-25/h1-5,11,13,17-18,21-23,25-28,30-37H,6-7H2/t11-,13+,17+,18+,21-,22-,23+,25+,26-/m0/s1. The van der Waals surface area contributed by atoms with Crippen LogP contribution in [0, 0.1) is 0 Å². The second-order valence-electron chi connectivity index (χ2n) is 9.80. The van der Waals surface area contributed by atoms with Gasteiger partial charge in [0.05, 0.1) is 24.3 Å². The van der Waals surface area contributed by atoms with Crippen LogP contribution in [0.3, 0.4) is 0 Å². The molecule has 0 spiro atoms. The lowest BCUT2D eigenvalue weighted by Gasteiger charge is -2.41. The maximum absolute atomic E-state index is 13.4. The van der Waals surface area contributed by atoms with Gasteiger partial charge in [0.15, 0.2) is 11.0 Å². The van der Waals surface area contributed by atoms with Crippen LogP contribution in [0.5, 0.6) is 17.2 Å². The van der Waals surface area contributed by atoms with Gasteiger partial charge in [-0.1, -0.05) is 0 Å². The zero-order chi connectivity index (χ0) is 29.0. The van der Waals surface area contributed by atoms with Crippen LogP contribution in [0.4, 0.5) is 0 Å². The SMILES string of the molecule is O=c1cc(-c2ccc(O)cc2)oc2c([C@H]3OC[C@H](O)[C@@H](O)[C@@H]3O)c(O)c([C@@H]3O[C@H](CO)[C@@H](O)[C@H](O)[C@H]3O)c(O)c12. The Hall–Kier alpha value is -3.31. The van der Waals surface area contributed by atoms with Gasteiger partial charge in [-0.25, -0.2) is 0 Å². The molecule has 2 aromatic carbocycles. The minimum Gasteiger partial charge on any atom is -0.508 e. The molecule has 2 aliphatic rings. The lowest BCUT2D eigenvalue weighted by atomic mass is 9.85. The first-order valence-corrected chi connectivity index (χ1v) is 12.3. The van der Waals surface area contributed by atoms with Gasteiger partial charge in [-0.15, -0.1) is 0 Å². The number of rotatable bonds is 4. The number of ether oxygens (including phenoxy) is 2. The molecule has 2 saturated heterocycles. The van der Waals surface area contributed by atoms with Crippen LogP contribution < -0.4 is 5.43 Å². The third-order valence-corrected chi connectivity index (χ3v) is 7.31. The molecule has 5 rings (SSSR count). The molecular weight excluding hydrogens is 536 g/mol. The summed E-state index contributed by atoms with van der Waals surface area (Å²) in [6.07, 6.45) is -15.7. The van der Waals surface area contributed by atoms with Gasteiger partial charge in [0.2, 0.25) is 0 Å². The van der Waals surface area contributed by atoms with Gasteiger partial charge in [0, 0.05) is 11.6 Å². The summed E-state index contributed by atoms with van der Waals surface area (Å²) >= 11 is 0. The van der Waals surface area contributed by atoms with Gasteiger partial charge < -0.3 is 65.0 Å². The van der Waals surface area contributed by atoms with E-state index in [1.54, 1.807) is 0 Å². The zero-order valence-corrected chi connectivity index (χ0v) is 20.6. The average Bonchev–Trinajstić information content (AvgIpc) is 2.92. The summed E-state index contributed by atoms with van der Waals surface area (Å²) in [5.41, 5.74) is -2.15. The lowest BCUT2D eigenvalue weighted by Crippen LogP contribution is -2.55. The van der Waals surface area contributed by atoms with E-state index in [9.17, 15) is 55.9 Å². The minimum atomic E-state index is -1.98. The van der Waals surface area contributed by atoms with Crippen LogP contribution in [-0.4, -0.2) is 107 Å². The molecule has 216 valence electrons. The van der Waals surface area contributed by atoms with Crippen LogP contribution in [0.15, 0.2) is 39.5 Å². The molecule has 2 fully saturated rings. The van der Waals surface area contributed by atoms with Crippen molar-refractivity contribution in [3.63, 3.8) is 0 Å². The third kappa shape index (κ3) is 4.49. The van der Waals surface area contributed by atoms with E-state index in [-0.39, 0.29) is 11.5 Å². The second kappa shape index (κ2) is 10.6. The molecule has 2 aliphatic heterocycles. The molecule has 0 radical (unpaired) electrons. The molecule has 1 aromatic heterocycles. The molecule has 10 N–H and O–H groups in total. The number of phenolic OH excluding ortho intramolecular Hbond substituents is 3. The van der Waals surface area contributed by atoms with Gasteiger partial charge in [-0.05, 0) is 24.3 Å². The van der Waals surface area contributed by atoms with Gasteiger partial charge in [0.25, 0.3) is 0 Å². The molecule has 40 heavy (non-hydrogen) atoms. The van der Waals surface area contributed by atoms with Crippen molar-refractivity contribution in [2.45, 2.75) is 54.9 Å². The van der Waals surface area contributed by atoms with Crippen molar-refractivity contribution >= 4 is 11.0 Å². The molecule has 0 saturated carbocycles. The van der Waals surface area contributed by atoms with E-state index in [2.05, 4.69) is 0 Å². The van der Waals surface area contributed by atoms with Crippen LogP contribution in [-0.2, 0) is 9.47 Å². The largest absolute Gasteiger partial charge is 0.508 e. The van der Waals surface area contributed by atoms with E-state index in [1.807, 2.05) is 0 Å². The van der Waals surface area contributed by atoms with E-state index in [0.29, 0.717) is 5.56 Å². The molecule has 3 heterocycles. The Labute approximate surface area is 224 Å². The Morgan fingerprint density at radius 2 is 1.43 bits per heavy atom. The number of phenols is 3. The van der Waals surface area contributed by atoms with Crippen molar-refractivity contribution in [2.75, 3.05) is 13.2 Å². The van der Waals surface area contributed by atoms with Crippen molar-refractivity contribution in [3.05, 3.63) is 51.7 Å². The summed E-state index contributed by atoms with van der Waals surface area (Å²) in [4.78, 5) is 13.4. The van der Waals surface area contributed by atoms with Crippen LogP contribution in [0.2, 0.25) is 0 Å². The highest BCUT2D eigenvalue weighted by Crippen LogP contribution is 2.50. The fraction of sp³-hybridized carbons (Fsp3) is 0.423. The van der Waals surface area contributed by atoms with Crippen molar-refractivity contribution < 1.29 is 65.0 Å². The number of hydrogen-bond acceptors (Lipinski definition) is 14. The van der Waals surface area contributed by atoms with E-state index in [4.69, 9.17) is 13.9 Å². The van der Waals surface area contributed by atoms with Crippen molar-refractivity contribution in [3.8, 4) is 28.6 Å². The molecule has 9 atom stereocenters. The predicted octanol–water partition coefficient (Wildman–Crippen LogP) is -1.75. The van der Waals surface area contributed by atoms with Crippen molar-refractivity contribution in [1.29, 1.82) is 0 Å². The molecule has 0 aliphatic carbocycles. The topological polar surface area (TPSA) is 251 Å². The number of aromatic hydroxyl groups is 3. The summed E-state index contributed by atoms with van der Waals surface area (Å²) in [6.45, 7) is -1.34. The highest BCUT2D eigenvalue weighted by atomic mass is 16.5. The number of fused-ring (bicyclic) bond motifs is 1. The molecule has 3 aromatic rings. The zero-order valence-electron chi connectivity index (χ0n) is 20.6. The third-order valence-electron chi connectivity index (χ3n) is 7.31. The Bertz CT molecular complexity index is 1450. The Morgan fingerprint density at radius 3 is 2.08 bits per heavy atom. The summed E-state index contributed by atoms with van der Waals surface area (Å²) in [5, 5.41) is 104. The van der Waals surface area contributed by atoms with E-state index in [1.165, 1.54) is 24.3 Å². The van der Waals surface area contributed by atoms with Crippen molar-refractivity contribution in [1.82, 2.24) is 0 Å².